The van der Waals surface area contributed by atoms with Gasteiger partial charge in [-0.1, -0.05) is 29.8 Å². The van der Waals surface area contributed by atoms with Crippen LogP contribution in [0.15, 0.2) is 0 Å². The molecule has 1 nitrogen and oxygen atoms in total. The van der Waals surface area contributed by atoms with Crippen LogP contribution in [0.25, 0.3) is 0 Å². The van der Waals surface area contributed by atoms with Crippen LogP contribution in [0.1, 0.15) is 26.7 Å². The quantitative estimate of drug-likeness (QED) is 0.501. The molecule has 0 aromatic carbocycles. The monoisotopic (exact) mass is 344 g/mol. The first-order valence-electron chi connectivity index (χ1n) is 5.33. The highest BCUT2D eigenvalue weighted by atomic mass is 79.9. The van der Waals surface area contributed by atoms with E-state index in [0.717, 1.165) is 0 Å². The summed E-state index contributed by atoms with van der Waals surface area (Å²) < 4.78 is 77.6. The second-order valence-corrected chi connectivity index (χ2v) is 4.68. The number of halogens is 7. The summed E-state index contributed by atoms with van der Waals surface area (Å²) in [7, 11) is 0. The van der Waals surface area contributed by atoms with Crippen molar-refractivity contribution in [2.45, 2.75) is 45.1 Å². The van der Waals surface area contributed by atoms with E-state index < -0.39 is 30.5 Å². The highest BCUT2D eigenvalue weighted by Crippen LogP contribution is 2.38. The molecule has 0 radical (unpaired) electrons. The van der Waals surface area contributed by atoms with Gasteiger partial charge in [-0.25, -0.2) is 0 Å². The van der Waals surface area contributed by atoms with Crippen molar-refractivity contribution in [1.82, 2.24) is 0 Å². The van der Waals surface area contributed by atoms with Crippen molar-refractivity contribution >= 4 is 15.9 Å². The van der Waals surface area contributed by atoms with Crippen LogP contribution in [0.4, 0.5) is 26.3 Å². The fourth-order valence-electron chi connectivity index (χ4n) is 1.32. The molecule has 0 aromatic rings. The SMILES string of the molecule is CCC(CC)(CBr)COC(C(F)(F)F)C(F)(F)F. The van der Waals surface area contributed by atoms with Crippen molar-refractivity contribution < 1.29 is 31.1 Å². The Morgan fingerprint density at radius 2 is 1.33 bits per heavy atom. The van der Waals surface area contributed by atoms with Gasteiger partial charge in [0, 0.05) is 10.7 Å². The molecular weight excluding hydrogens is 330 g/mol. The summed E-state index contributed by atoms with van der Waals surface area (Å²) in [6, 6.07) is 0. The lowest BCUT2D eigenvalue weighted by atomic mass is 9.86. The summed E-state index contributed by atoms with van der Waals surface area (Å²) in [6.07, 6.45) is -13.8. The third kappa shape index (κ3) is 4.95. The minimum absolute atomic E-state index is 0.287. The van der Waals surface area contributed by atoms with Crippen molar-refractivity contribution in [3.05, 3.63) is 0 Å². The summed E-state index contributed by atoms with van der Waals surface area (Å²) in [6.45, 7) is 2.81. The molecule has 0 atom stereocenters. The van der Waals surface area contributed by atoms with Gasteiger partial charge in [0.2, 0.25) is 6.10 Å². The Balaban J connectivity index is 4.83. The third-order valence-electron chi connectivity index (χ3n) is 2.93. The smallest absolute Gasteiger partial charge is 0.360 e. The molecule has 0 rings (SSSR count). The Kier molecular flexibility index (Phi) is 6.46. The highest BCUT2D eigenvalue weighted by Gasteiger charge is 2.58. The van der Waals surface area contributed by atoms with Crippen molar-refractivity contribution in [2.24, 2.45) is 5.41 Å². The van der Waals surface area contributed by atoms with Crippen molar-refractivity contribution in [2.75, 3.05) is 11.9 Å². The molecule has 8 heteroatoms. The first-order valence-corrected chi connectivity index (χ1v) is 6.45. The Morgan fingerprint density at radius 1 is 0.944 bits per heavy atom. The lowest BCUT2D eigenvalue weighted by molar-refractivity contribution is -0.325. The van der Waals surface area contributed by atoms with E-state index in [4.69, 9.17) is 0 Å². The number of rotatable bonds is 6. The molecule has 0 unspecified atom stereocenters. The molecular formula is C10H15BrF6O. The molecule has 0 aromatic heterocycles. The van der Waals surface area contributed by atoms with E-state index in [2.05, 4.69) is 20.7 Å². The number of ether oxygens (including phenoxy) is 1. The van der Waals surface area contributed by atoms with Gasteiger partial charge in [0.25, 0.3) is 0 Å². The summed E-state index contributed by atoms with van der Waals surface area (Å²) in [5.74, 6) is 0. The number of hydrogen-bond donors (Lipinski definition) is 0. The maximum atomic E-state index is 12.2. The molecule has 0 aliphatic carbocycles. The zero-order chi connectivity index (χ0) is 14.6. The Hall–Kier alpha value is 0.0200. The summed E-state index contributed by atoms with van der Waals surface area (Å²) in [4.78, 5) is 0. The van der Waals surface area contributed by atoms with Crippen LogP contribution < -0.4 is 0 Å². The molecule has 110 valence electrons. The molecule has 0 fully saturated rings. The zero-order valence-corrected chi connectivity index (χ0v) is 11.5. The predicted molar refractivity (Wildman–Crippen MR) is 58.7 cm³/mol. The molecule has 18 heavy (non-hydrogen) atoms. The molecule has 0 heterocycles. The van der Waals surface area contributed by atoms with E-state index in [9.17, 15) is 26.3 Å². The third-order valence-corrected chi connectivity index (χ3v) is 4.12. The summed E-state index contributed by atoms with van der Waals surface area (Å²) >= 11 is 3.10. The first kappa shape index (κ1) is 18.0. The van der Waals surface area contributed by atoms with E-state index in [0.29, 0.717) is 12.8 Å². The average molecular weight is 345 g/mol. The molecule has 0 saturated heterocycles. The summed E-state index contributed by atoms with van der Waals surface area (Å²) in [5, 5.41) is 0.287. The average Bonchev–Trinajstić information content (AvgIpc) is 2.21. The van der Waals surface area contributed by atoms with Crippen LogP contribution in [-0.2, 0) is 4.74 Å². The van der Waals surface area contributed by atoms with Crippen LogP contribution >= 0.6 is 15.9 Å². The minimum atomic E-state index is -5.45. The molecule has 0 saturated carbocycles. The minimum Gasteiger partial charge on any atom is -0.360 e. The van der Waals surface area contributed by atoms with E-state index in [1.165, 1.54) is 0 Å². The molecule has 0 amide bonds. The van der Waals surface area contributed by atoms with Gasteiger partial charge < -0.3 is 4.74 Å². The van der Waals surface area contributed by atoms with Crippen molar-refractivity contribution in [3.8, 4) is 0 Å². The molecule has 0 bridgehead atoms. The lowest BCUT2D eigenvalue weighted by Gasteiger charge is -2.32. The summed E-state index contributed by atoms with van der Waals surface area (Å²) in [5.41, 5.74) is -0.714. The maximum absolute atomic E-state index is 12.2. The van der Waals surface area contributed by atoms with Gasteiger partial charge in [0.05, 0.1) is 6.61 Å². The van der Waals surface area contributed by atoms with Gasteiger partial charge in [-0.3, -0.25) is 0 Å². The molecule has 0 N–H and O–H groups in total. The fraction of sp³-hybridized carbons (Fsp3) is 1.00. The lowest BCUT2D eigenvalue weighted by Crippen LogP contribution is -2.46. The van der Waals surface area contributed by atoms with E-state index in [-0.39, 0.29) is 5.33 Å². The zero-order valence-electron chi connectivity index (χ0n) is 9.96. The van der Waals surface area contributed by atoms with Crippen LogP contribution in [0.3, 0.4) is 0 Å². The van der Waals surface area contributed by atoms with Crippen LogP contribution in [0, 0.1) is 5.41 Å². The fourth-order valence-corrected chi connectivity index (χ4v) is 2.27. The molecule has 0 aliphatic rings. The first-order chi connectivity index (χ1) is 8.02. The van der Waals surface area contributed by atoms with E-state index in [1.54, 1.807) is 13.8 Å². The largest absolute Gasteiger partial charge is 0.423 e. The van der Waals surface area contributed by atoms with Gasteiger partial charge in [0.1, 0.15) is 0 Å². The van der Waals surface area contributed by atoms with Crippen LogP contribution in [0.5, 0.6) is 0 Å². The number of hydrogen-bond acceptors (Lipinski definition) is 1. The predicted octanol–water partition coefficient (Wildman–Crippen LogP) is 4.70. The molecule has 0 spiro atoms. The van der Waals surface area contributed by atoms with Crippen molar-refractivity contribution in [3.63, 3.8) is 0 Å². The topological polar surface area (TPSA) is 9.23 Å². The van der Waals surface area contributed by atoms with E-state index in [1.807, 2.05) is 0 Å². The van der Waals surface area contributed by atoms with E-state index >= 15 is 0 Å². The van der Waals surface area contributed by atoms with Crippen LogP contribution in [0.2, 0.25) is 0 Å². The molecule has 0 aliphatic heterocycles. The van der Waals surface area contributed by atoms with Gasteiger partial charge in [-0.2, -0.15) is 26.3 Å². The normalized spacial score (nSPS) is 14.3. The Morgan fingerprint density at radius 3 is 1.56 bits per heavy atom. The second kappa shape index (κ2) is 6.45. The number of alkyl halides is 7. The standard InChI is InChI=1S/C10H15BrF6O/c1-3-8(4-2,5-11)6-18-7(9(12,13)14)10(15,16)17/h7H,3-6H2,1-2H3. The maximum Gasteiger partial charge on any atom is 0.423 e. The Labute approximate surface area is 110 Å². The van der Waals surface area contributed by atoms with Gasteiger partial charge in [0.15, 0.2) is 0 Å². The van der Waals surface area contributed by atoms with Crippen molar-refractivity contribution in [1.29, 1.82) is 0 Å². The van der Waals surface area contributed by atoms with Gasteiger partial charge in [-0.05, 0) is 12.8 Å². The second-order valence-electron chi connectivity index (χ2n) is 4.12. The van der Waals surface area contributed by atoms with Gasteiger partial charge in [-0.15, -0.1) is 0 Å². The van der Waals surface area contributed by atoms with Gasteiger partial charge >= 0.3 is 12.4 Å². The highest BCUT2D eigenvalue weighted by molar-refractivity contribution is 9.09. The Bertz CT molecular complexity index is 223. The van der Waals surface area contributed by atoms with Crippen LogP contribution in [-0.4, -0.2) is 30.4 Å².